The van der Waals surface area contributed by atoms with Crippen LogP contribution >= 0.6 is 15.9 Å². The van der Waals surface area contributed by atoms with E-state index in [0.29, 0.717) is 6.54 Å². The molecule has 0 aliphatic rings. The molecule has 0 heterocycles. The second kappa shape index (κ2) is 7.39. The molecule has 2 rings (SSSR count). The highest BCUT2D eigenvalue weighted by Gasteiger charge is 2.07. The zero-order valence-electron chi connectivity index (χ0n) is 11.0. The highest BCUT2D eigenvalue weighted by molar-refractivity contribution is 9.10. The molecule has 0 spiro atoms. The van der Waals surface area contributed by atoms with Crippen LogP contribution in [-0.2, 0) is 6.42 Å². The molecule has 0 unspecified atom stereocenters. The van der Waals surface area contributed by atoms with Gasteiger partial charge >= 0.3 is 0 Å². The lowest BCUT2D eigenvalue weighted by molar-refractivity contribution is 0.596. The average Bonchev–Trinajstić information content (AvgIpc) is 2.45. The van der Waals surface area contributed by atoms with E-state index in [4.69, 9.17) is 0 Å². The lowest BCUT2D eigenvalue weighted by Gasteiger charge is -2.08. The van der Waals surface area contributed by atoms with Crippen LogP contribution in [0.15, 0.2) is 46.9 Å². The molecule has 0 bridgehead atoms. The van der Waals surface area contributed by atoms with Gasteiger partial charge < -0.3 is 5.32 Å². The number of benzene rings is 2. The summed E-state index contributed by atoms with van der Waals surface area (Å²) in [4.78, 5) is 0. The van der Waals surface area contributed by atoms with Crippen molar-refractivity contribution >= 4 is 21.6 Å². The zero-order chi connectivity index (χ0) is 14.4. The van der Waals surface area contributed by atoms with Crippen molar-refractivity contribution in [2.24, 2.45) is 0 Å². The van der Waals surface area contributed by atoms with Crippen LogP contribution in [-0.4, -0.2) is 6.54 Å². The minimum atomic E-state index is -0.460. The van der Waals surface area contributed by atoms with Crippen LogP contribution in [0.4, 0.5) is 14.5 Å². The van der Waals surface area contributed by atoms with Gasteiger partial charge in [-0.15, -0.1) is 0 Å². The summed E-state index contributed by atoms with van der Waals surface area (Å²) < 4.78 is 27.0. The van der Waals surface area contributed by atoms with Gasteiger partial charge in [-0.25, -0.2) is 8.78 Å². The fourth-order valence-electron chi connectivity index (χ4n) is 1.98. The summed E-state index contributed by atoms with van der Waals surface area (Å²) in [6.45, 7) is 0.630. The largest absolute Gasteiger partial charge is 0.383 e. The Morgan fingerprint density at radius 1 is 0.950 bits per heavy atom. The van der Waals surface area contributed by atoms with E-state index in [-0.39, 0.29) is 10.2 Å². The fourth-order valence-corrected chi connectivity index (χ4v) is 2.30. The van der Waals surface area contributed by atoms with Gasteiger partial charge in [-0.3, -0.25) is 0 Å². The lowest BCUT2D eigenvalue weighted by atomic mass is 10.1. The Balaban J connectivity index is 1.75. The van der Waals surface area contributed by atoms with Gasteiger partial charge in [0, 0.05) is 12.6 Å². The van der Waals surface area contributed by atoms with Gasteiger partial charge in [0.2, 0.25) is 0 Å². The van der Waals surface area contributed by atoms with Crippen molar-refractivity contribution in [1.82, 2.24) is 0 Å². The Hall–Kier alpha value is -1.42. The Morgan fingerprint density at radius 2 is 1.70 bits per heavy atom. The van der Waals surface area contributed by atoms with Crippen molar-refractivity contribution in [3.8, 4) is 0 Å². The third-order valence-electron chi connectivity index (χ3n) is 3.06. The van der Waals surface area contributed by atoms with Crippen molar-refractivity contribution in [1.29, 1.82) is 0 Å². The lowest BCUT2D eigenvalue weighted by Crippen LogP contribution is -2.04. The SMILES string of the molecule is Fc1cc(NCCCCc2ccccc2)c(F)cc1Br. The molecule has 0 fully saturated rings. The molecular formula is C16H16BrF2N. The number of unbranched alkanes of at least 4 members (excludes halogenated alkanes) is 1. The summed E-state index contributed by atoms with van der Waals surface area (Å²) in [5, 5.41) is 2.93. The summed E-state index contributed by atoms with van der Waals surface area (Å²) in [5.41, 5.74) is 1.51. The molecule has 4 heteroatoms. The quantitative estimate of drug-likeness (QED) is 0.566. The highest BCUT2D eigenvalue weighted by atomic mass is 79.9. The first-order chi connectivity index (χ1) is 9.66. The Labute approximate surface area is 126 Å². The minimum absolute atomic E-state index is 0.143. The maximum absolute atomic E-state index is 13.5. The van der Waals surface area contributed by atoms with Crippen LogP contribution in [0.3, 0.4) is 0 Å². The number of rotatable bonds is 6. The number of halogens is 3. The molecule has 1 nitrogen and oxygen atoms in total. The zero-order valence-corrected chi connectivity index (χ0v) is 12.6. The average molecular weight is 340 g/mol. The molecule has 0 aromatic heterocycles. The molecular weight excluding hydrogens is 324 g/mol. The minimum Gasteiger partial charge on any atom is -0.383 e. The molecule has 0 amide bonds. The van der Waals surface area contributed by atoms with Crippen LogP contribution in [0.25, 0.3) is 0 Å². The highest BCUT2D eigenvalue weighted by Crippen LogP contribution is 2.23. The van der Waals surface area contributed by atoms with Crippen LogP contribution < -0.4 is 5.32 Å². The molecule has 0 saturated heterocycles. The molecule has 0 atom stereocenters. The standard InChI is InChI=1S/C16H16BrF2N/c17-13-10-15(19)16(11-14(13)18)20-9-5-4-8-12-6-2-1-3-7-12/h1-3,6-7,10-11,20H,4-5,8-9H2. The van der Waals surface area contributed by atoms with E-state index in [2.05, 4.69) is 33.4 Å². The molecule has 0 saturated carbocycles. The van der Waals surface area contributed by atoms with Gasteiger partial charge in [-0.1, -0.05) is 30.3 Å². The number of hydrogen-bond acceptors (Lipinski definition) is 1. The topological polar surface area (TPSA) is 12.0 Å². The van der Waals surface area contributed by atoms with Crippen LogP contribution in [0.5, 0.6) is 0 Å². The second-order valence-corrected chi connectivity index (χ2v) is 5.47. The predicted molar refractivity (Wildman–Crippen MR) is 81.9 cm³/mol. The van der Waals surface area contributed by atoms with Gasteiger partial charge in [0.25, 0.3) is 0 Å². The molecule has 106 valence electrons. The van der Waals surface area contributed by atoms with Gasteiger partial charge in [0.05, 0.1) is 10.2 Å². The maximum Gasteiger partial charge on any atom is 0.147 e. The van der Waals surface area contributed by atoms with E-state index in [9.17, 15) is 8.78 Å². The van der Waals surface area contributed by atoms with Crippen LogP contribution in [0.2, 0.25) is 0 Å². The van der Waals surface area contributed by atoms with Crippen molar-refractivity contribution in [3.05, 3.63) is 64.1 Å². The van der Waals surface area contributed by atoms with Crippen molar-refractivity contribution < 1.29 is 8.78 Å². The Kier molecular flexibility index (Phi) is 5.53. The molecule has 0 radical (unpaired) electrons. The Bertz CT molecular complexity index is 558. The van der Waals surface area contributed by atoms with E-state index in [1.807, 2.05) is 18.2 Å². The first kappa shape index (κ1) is 15.0. The summed E-state index contributed by atoms with van der Waals surface area (Å²) in [5.74, 6) is -0.903. The molecule has 0 aliphatic carbocycles. The molecule has 1 N–H and O–H groups in total. The van der Waals surface area contributed by atoms with E-state index in [1.165, 1.54) is 11.6 Å². The molecule has 2 aromatic carbocycles. The van der Waals surface area contributed by atoms with Crippen molar-refractivity contribution in [3.63, 3.8) is 0 Å². The fraction of sp³-hybridized carbons (Fsp3) is 0.250. The number of hydrogen-bond donors (Lipinski definition) is 1. The predicted octanol–water partition coefficient (Wildman–Crippen LogP) is 5.16. The number of anilines is 1. The van der Waals surface area contributed by atoms with E-state index in [0.717, 1.165) is 25.3 Å². The van der Waals surface area contributed by atoms with Crippen LogP contribution in [0.1, 0.15) is 18.4 Å². The monoisotopic (exact) mass is 339 g/mol. The number of nitrogens with one attached hydrogen (secondary N) is 1. The van der Waals surface area contributed by atoms with Gasteiger partial charge in [0.1, 0.15) is 11.6 Å². The summed E-state index contributed by atoms with van der Waals surface area (Å²) in [7, 11) is 0. The first-order valence-corrected chi connectivity index (χ1v) is 7.38. The second-order valence-electron chi connectivity index (χ2n) is 4.62. The van der Waals surface area contributed by atoms with E-state index in [1.54, 1.807) is 0 Å². The van der Waals surface area contributed by atoms with Crippen LogP contribution in [0, 0.1) is 11.6 Å². The number of aryl methyl sites for hydroxylation is 1. The van der Waals surface area contributed by atoms with Gasteiger partial charge in [-0.2, -0.15) is 0 Å². The van der Waals surface area contributed by atoms with Crippen molar-refractivity contribution in [2.45, 2.75) is 19.3 Å². The maximum atomic E-state index is 13.5. The molecule has 20 heavy (non-hydrogen) atoms. The van der Waals surface area contributed by atoms with E-state index < -0.39 is 11.6 Å². The molecule has 0 aliphatic heterocycles. The Morgan fingerprint density at radius 3 is 2.45 bits per heavy atom. The summed E-state index contributed by atoms with van der Waals surface area (Å²) >= 11 is 2.96. The summed E-state index contributed by atoms with van der Waals surface area (Å²) in [6, 6.07) is 12.5. The normalized spacial score (nSPS) is 10.6. The third-order valence-corrected chi connectivity index (χ3v) is 3.67. The summed E-state index contributed by atoms with van der Waals surface area (Å²) in [6.07, 6.45) is 2.92. The first-order valence-electron chi connectivity index (χ1n) is 6.59. The molecule has 2 aromatic rings. The smallest absolute Gasteiger partial charge is 0.147 e. The van der Waals surface area contributed by atoms with Gasteiger partial charge in [-0.05, 0) is 46.8 Å². The van der Waals surface area contributed by atoms with E-state index >= 15 is 0 Å². The van der Waals surface area contributed by atoms with Crippen molar-refractivity contribution in [2.75, 3.05) is 11.9 Å². The third kappa shape index (κ3) is 4.30. The van der Waals surface area contributed by atoms with Gasteiger partial charge in [0.15, 0.2) is 0 Å².